The first-order valence-electron chi connectivity index (χ1n) is 11.6. The smallest absolute Gasteiger partial charge is 0.342 e. The van der Waals surface area contributed by atoms with Crippen molar-refractivity contribution in [2.45, 2.75) is 40.2 Å². The van der Waals surface area contributed by atoms with E-state index in [0.717, 1.165) is 17.6 Å². The van der Waals surface area contributed by atoms with Crippen LogP contribution >= 0.6 is 0 Å². The van der Waals surface area contributed by atoms with Gasteiger partial charge in [-0.2, -0.15) is 18.1 Å². The van der Waals surface area contributed by atoms with Gasteiger partial charge in [0, 0.05) is 31.8 Å². The molecule has 0 radical (unpaired) electrons. The van der Waals surface area contributed by atoms with E-state index in [0.29, 0.717) is 36.6 Å². The quantitative estimate of drug-likeness (QED) is 0.541. The standard InChI is InChI=1S/C26H31N5O4S/c1-7-31-24-14-21(10-11-23(24)30(19(4)32)17-26(31,5)6)18(3)29-36(33,34)28-16-20-9-12-25(35-8-2)22(13-20)15-27/h9-14,16,29H,3,7-8,17H2,1-2,4-6H3. The summed E-state index contributed by atoms with van der Waals surface area (Å²) in [6, 6.07) is 12.1. The molecule has 0 fully saturated rings. The Balaban J connectivity index is 1.85. The number of anilines is 2. The van der Waals surface area contributed by atoms with Crippen molar-refractivity contribution in [3.8, 4) is 11.8 Å². The Bertz CT molecular complexity index is 1360. The molecular formula is C26H31N5O4S. The lowest BCUT2D eigenvalue weighted by Crippen LogP contribution is -2.57. The van der Waals surface area contributed by atoms with Crippen LogP contribution in [0.5, 0.6) is 5.75 Å². The molecule has 0 bridgehead atoms. The number of nitriles is 1. The number of nitrogens with zero attached hydrogens (tertiary/aromatic N) is 4. The fourth-order valence-electron chi connectivity index (χ4n) is 4.29. The van der Waals surface area contributed by atoms with Gasteiger partial charge >= 0.3 is 10.2 Å². The average Bonchev–Trinajstić information content (AvgIpc) is 2.82. The zero-order chi connectivity index (χ0) is 26.7. The van der Waals surface area contributed by atoms with Crippen LogP contribution in [0.4, 0.5) is 11.4 Å². The first-order chi connectivity index (χ1) is 16.9. The second kappa shape index (κ2) is 10.4. The monoisotopic (exact) mass is 509 g/mol. The van der Waals surface area contributed by atoms with Crippen LogP contribution in [0, 0.1) is 11.3 Å². The number of hydrogen-bond donors (Lipinski definition) is 1. The number of fused-ring (bicyclic) bond motifs is 1. The number of carbonyl (C=O) groups is 1. The van der Waals surface area contributed by atoms with E-state index in [1.807, 2.05) is 26.0 Å². The molecule has 0 spiro atoms. The van der Waals surface area contributed by atoms with Crippen LogP contribution in [0.2, 0.25) is 0 Å². The van der Waals surface area contributed by atoms with E-state index in [-0.39, 0.29) is 22.7 Å². The van der Waals surface area contributed by atoms with Gasteiger partial charge in [0.25, 0.3) is 0 Å². The third-order valence-corrected chi connectivity index (χ3v) is 6.78. The fraction of sp³-hybridized carbons (Fsp3) is 0.346. The maximum absolute atomic E-state index is 12.6. The summed E-state index contributed by atoms with van der Waals surface area (Å²) in [4.78, 5) is 16.2. The van der Waals surface area contributed by atoms with E-state index in [1.165, 1.54) is 13.0 Å². The summed E-state index contributed by atoms with van der Waals surface area (Å²) in [5.41, 5.74) is 2.70. The summed E-state index contributed by atoms with van der Waals surface area (Å²) < 4.78 is 36.7. The predicted octanol–water partition coefficient (Wildman–Crippen LogP) is 3.85. The summed E-state index contributed by atoms with van der Waals surface area (Å²) in [5, 5.41) is 9.30. The van der Waals surface area contributed by atoms with Crippen molar-refractivity contribution >= 4 is 39.4 Å². The van der Waals surface area contributed by atoms with Crippen LogP contribution in [-0.4, -0.2) is 45.8 Å². The molecule has 1 amide bonds. The first-order valence-corrected chi connectivity index (χ1v) is 13.0. The normalized spacial score (nSPS) is 14.8. The van der Waals surface area contributed by atoms with E-state index in [4.69, 9.17) is 4.74 Å². The van der Waals surface area contributed by atoms with Gasteiger partial charge in [-0.25, -0.2) is 0 Å². The molecule has 0 aliphatic carbocycles. The van der Waals surface area contributed by atoms with Gasteiger partial charge in [0.1, 0.15) is 11.8 Å². The van der Waals surface area contributed by atoms with Crippen molar-refractivity contribution in [2.24, 2.45) is 4.40 Å². The number of rotatable bonds is 8. The van der Waals surface area contributed by atoms with Gasteiger partial charge in [-0.15, -0.1) is 0 Å². The molecule has 0 saturated carbocycles. The summed E-state index contributed by atoms with van der Waals surface area (Å²) >= 11 is 0. The average molecular weight is 510 g/mol. The molecule has 0 saturated heterocycles. The van der Waals surface area contributed by atoms with Crippen LogP contribution in [-0.2, 0) is 15.0 Å². The molecule has 0 unspecified atom stereocenters. The number of ether oxygens (including phenoxy) is 1. The molecule has 0 aromatic heterocycles. The van der Waals surface area contributed by atoms with Crippen molar-refractivity contribution in [1.82, 2.24) is 4.72 Å². The molecule has 3 rings (SSSR count). The minimum atomic E-state index is -4.13. The van der Waals surface area contributed by atoms with Crippen LogP contribution in [0.3, 0.4) is 0 Å². The van der Waals surface area contributed by atoms with Gasteiger partial charge in [0.05, 0.1) is 34.8 Å². The van der Waals surface area contributed by atoms with Gasteiger partial charge < -0.3 is 14.5 Å². The van der Waals surface area contributed by atoms with Gasteiger partial charge in [-0.1, -0.05) is 12.6 Å². The van der Waals surface area contributed by atoms with Crippen LogP contribution in [0.15, 0.2) is 47.4 Å². The zero-order valence-electron chi connectivity index (χ0n) is 21.2. The van der Waals surface area contributed by atoms with E-state index >= 15 is 0 Å². The van der Waals surface area contributed by atoms with E-state index in [2.05, 4.69) is 34.4 Å². The van der Waals surface area contributed by atoms with Gasteiger partial charge in [0.15, 0.2) is 0 Å². The Hall–Kier alpha value is -3.84. The Labute approximate surface area is 212 Å². The molecule has 1 aliphatic heterocycles. The van der Waals surface area contributed by atoms with Gasteiger partial charge in [-0.05, 0) is 63.6 Å². The van der Waals surface area contributed by atoms with Crippen molar-refractivity contribution in [2.75, 3.05) is 29.5 Å². The molecule has 1 heterocycles. The highest BCUT2D eigenvalue weighted by atomic mass is 32.2. The number of carbonyl (C=O) groups excluding carboxylic acids is 1. The molecule has 0 atom stereocenters. The number of benzene rings is 2. The summed E-state index contributed by atoms with van der Waals surface area (Å²) in [6.07, 6.45) is 1.16. The largest absolute Gasteiger partial charge is 0.492 e. The number of nitrogens with one attached hydrogen (secondary N) is 1. The topological polar surface area (TPSA) is 115 Å². The zero-order valence-corrected chi connectivity index (χ0v) is 22.0. The molecule has 36 heavy (non-hydrogen) atoms. The van der Waals surface area contributed by atoms with Crippen LogP contribution in [0.25, 0.3) is 5.70 Å². The highest BCUT2D eigenvalue weighted by Gasteiger charge is 2.37. The Kier molecular flexibility index (Phi) is 7.74. The summed E-state index contributed by atoms with van der Waals surface area (Å²) in [7, 11) is -4.13. The first kappa shape index (κ1) is 26.8. The minimum absolute atomic E-state index is 0.0597. The molecule has 9 nitrogen and oxygen atoms in total. The third kappa shape index (κ3) is 5.69. The van der Waals surface area contributed by atoms with Crippen molar-refractivity contribution in [3.05, 3.63) is 59.7 Å². The Morgan fingerprint density at radius 2 is 1.97 bits per heavy atom. The van der Waals surface area contributed by atoms with Gasteiger partial charge in [-0.3, -0.25) is 9.52 Å². The molecule has 1 N–H and O–H groups in total. The molecule has 190 valence electrons. The second-order valence-electron chi connectivity index (χ2n) is 8.96. The van der Waals surface area contributed by atoms with Crippen LogP contribution < -0.4 is 19.3 Å². The fourth-order valence-corrected chi connectivity index (χ4v) is 5.03. The second-order valence-corrected chi connectivity index (χ2v) is 10.3. The molecule has 2 aromatic rings. The Morgan fingerprint density at radius 3 is 2.58 bits per heavy atom. The van der Waals surface area contributed by atoms with E-state index in [1.54, 1.807) is 29.2 Å². The Morgan fingerprint density at radius 1 is 1.25 bits per heavy atom. The molecule has 10 heteroatoms. The van der Waals surface area contributed by atoms with Crippen LogP contribution in [0.1, 0.15) is 51.3 Å². The van der Waals surface area contributed by atoms with Crippen molar-refractivity contribution in [3.63, 3.8) is 0 Å². The summed E-state index contributed by atoms with van der Waals surface area (Å²) in [5.74, 6) is 0.363. The van der Waals surface area contributed by atoms with Crippen molar-refractivity contribution in [1.29, 1.82) is 5.26 Å². The lowest BCUT2D eigenvalue weighted by molar-refractivity contribution is -0.116. The molecular weight excluding hydrogens is 478 g/mol. The number of hydrogen-bond acceptors (Lipinski definition) is 6. The van der Waals surface area contributed by atoms with E-state index in [9.17, 15) is 18.5 Å². The minimum Gasteiger partial charge on any atom is -0.492 e. The van der Waals surface area contributed by atoms with E-state index < -0.39 is 10.2 Å². The lowest BCUT2D eigenvalue weighted by atomic mass is 9.94. The highest BCUT2D eigenvalue weighted by molar-refractivity contribution is 7.88. The molecule has 2 aromatic carbocycles. The number of likely N-dealkylation sites (N-methyl/N-ethyl adjacent to an activating group) is 1. The number of amides is 1. The maximum Gasteiger partial charge on any atom is 0.342 e. The predicted molar refractivity (Wildman–Crippen MR) is 143 cm³/mol. The van der Waals surface area contributed by atoms with Crippen molar-refractivity contribution < 1.29 is 17.9 Å². The highest BCUT2D eigenvalue weighted by Crippen LogP contribution is 2.41. The lowest BCUT2D eigenvalue weighted by Gasteiger charge is -2.48. The van der Waals surface area contributed by atoms with Gasteiger partial charge in [0.2, 0.25) is 5.91 Å². The summed E-state index contributed by atoms with van der Waals surface area (Å²) in [6.45, 7) is 15.1. The SMILES string of the molecule is C=C(NS(=O)(=O)N=Cc1ccc(OCC)c(C#N)c1)c1ccc2c(c1)N(CC)C(C)(C)CN2C(C)=O. The molecule has 1 aliphatic rings. The third-order valence-electron chi connectivity index (χ3n) is 5.89. The maximum atomic E-state index is 12.6.